The molecule has 0 aromatic carbocycles. The van der Waals surface area contributed by atoms with Gasteiger partial charge in [0.15, 0.2) is 0 Å². The molecule has 13 heavy (non-hydrogen) atoms. The molecule has 0 amide bonds. The van der Waals surface area contributed by atoms with Gasteiger partial charge >= 0.3 is 0 Å². The molecule has 1 heterocycles. The fourth-order valence-corrected chi connectivity index (χ4v) is 1.54. The maximum atomic E-state index is 8.82. The molecule has 0 aromatic rings. The van der Waals surface area contributed by atoms with Gasteiger partial charge in [0.2, 0.25) is 0 Å². The minimum absolute atomic E-state index is 0.235. The highest BCUT2D eigenvalue weighted by Gasteiger charge is 2.22. The molecule has 1 unspecified atom stereocenters. The molecule has 0 saturated carbocycles. The van der Waals surface area contributed by atoms with E-state index < -0.39 is 0 Å². The van der Waals surface area contributed by atoms with Crippen LogP contribution in [0.4, 0.5) is 0 Å². The van der Waals surface area contributed by atoms with Crippen LogP contribution in [-0.2, 0) is 0 Å². The van der Waals surface area contributed by atoms with Crippen molar-refractivity contribution in [2.45, 2.75) is 26.3 Å². The van der Waals surface area contributed by atoms with Crippen LogP contribution in [0.1, 0.15) is 20.3 Å². The first kappa shape index (κ1) is 10.5. The summed E-state index contributed by atoms with van der Waals surface area (Å²) < 4.78 is 0. The zero-order valence-electron chi connectivity index (χ0n) is 8.80. The molecule has 0 spiro atoms. The first-order valence-corrected chi connectivity index (χ1v) is 4.87. The van der Waals surface area contributed by atoms with Crippen molar-refractivity contribution in [2.75, 3.05) is 26.7 Å². The van der Waals surface area contributed by atoms with Gasteiger partial charge in [0.25, 0.3) is 0 Å². The van der Waals surface area contributed by atoms with Gasteiger partial charge in [-0.2, -0.15) is 5.26 Å². The van der Waals surface area contributed by atoms with Crippen LogP contribution in [-0.4, -0.2) is 37.6 Å². The third-order valence-corrected chi connectivity index (χ3v) is 2.53. The van der Waals surface area contributed by atoms with Gasteiger partial charge in [-0.3, -0.25) is 0 Å². The summed E-state index contributed by atoms with van der Waals surface area (Å²) in [6.07, 6.45) is 1.21. The average Bonchev–Trinajstić information content (AvgIpc) is 2.48. The number of likely N-dealkylation sites (tertiary alicyclic amines) is 1. The van der Waals surface area contributed by atoms with Crippen molar-refractivity contribution in [3.63, 3.8) is 0 Å². The van der Waals surface area contributed by atoms with Gasteiger partial charge in [0.05, 0.1) is 11.5 Å². The third-order valence-electron chi connectivity index (χ3n) is 2.53. The molecule has 3 heteroatoms. The van der Waals surface area contributed by atoms with E-state index in [2.05, 4.69) is 23.3 Å². The van der Waals surface area contributed by atoms with Gasteiger partial charge in [0, 0.05) is 19.1 Å². The van der Waals surface area contributed by atoms with E-state index in [9.17, 15) is 0 Å². The summed E-state index contributed by atoms with van der Waals surface area (Å²) in [4.78, 5) is 2.32. The Balaban J connectivity index is 2.24. The molecular weight excluding hydrogens is 162 g/mol. The lowest BCUT2D eigenvalue weighted by Gasteiger charge is -2.19. The van der Waals surface area contributed by atoms with Crippen molar-refractivity contribution in [1.82, 2.24) is 10.2 Å². The maximum Gasteiger partial charge on any atom is 0.0697 e. The lowest BCUT2D eigenvalue weighted by molar-refractivity contribution is 0.372. The Morgan fingerprint density at radius 1 is 1.62 bits per heavy atom. The minimum Gasteiger partial charge on any atom is -0.311 e. The number of hydrogen-bond acceptors (Lipinski definition) is 3. The van der Waals surface area contributed by atoms with Crippen molar-refractivity contribution < 1.29 is 0 Å². The molecule has 74 valence electrons. The Hall–Kier alpha value is -0.590. The van der Waals surface area contributed by atoms with Crippen LogP contribution < -0.4 is 5.32 Å². The normalized spacial score (nSPS) is 24.6. The van der Waals surface area contributed by atoms with Gasteiger partial charge < -0.3 is 10.2 Å². The van der Waals surface area contributed by atoms with Crippen molar-refractivity contribution in [1.29, 1.82) is 5.26 Å². The Kier molecular flexibility index (Phi) is 3.29. The Morgan fingerprint density at radius 3 is 2.77 bits per heavy atom. The van der Waals surface area contributed by atoms with E-state index in [1.807, 2.05) is 13.8 Å². The first-order valence-electron chi connectivity index (χ1n) is 4.87. The molecule has 0 aromatic heterocycles. The van der Waals surface area contributed by atoms with Crippen LogP contribution in [0.25, 0.3) is 0 Å². The molecule has 1 saturated heterocycles. The average molecular weight is 181 g/mol. The predicted octanol–water partition coefficient (Wildman–Crippen LogP) is 0.830. The molecule has 1 rings (SSSR count). The van der Waals surface area contributed by atoms with Crippen LogP contribution in [0, 0.1) is 16.7 Å². The molecule has 1 atom stereocenters. The second-order valence-corrected chi connectivity index (χ2v) is 4.62. The van der Waals surface area contributed by atoms with Crippen LogP contribution in [0.15, 0.2) is 0 Å². The van der Waals surface area contributed by atoms with Gasteiger partial charge in [-0.05, 0) is 33.9 Å². The van der Waals surface area contributed by atoms with Crippen LogP contribution in [0.3, 0.4) is 0 Å². The van der Waals surface area contributed by atoms with Crippen LogP contribution in [0.5, 0.6) is 0 Å². The standard InChI is InChI=1S/C10H19N3/c1-10(2,7-11)8-12-9-4-5-13(3)6-9/h9,12H,4-6,8H2,1-3H3. The summed E-state index contributed by atoms with van der Waals surface area (Å²) in [5, 5.41) is 12.3. The van der Waals surface area contributed by atoms with Crippen molar-refractivity contribution in [2.24, 2.45) is 5.41 Å². The van der Waals surface area contributed by atoms with Gasteiger partial charge in [-0.1, -0.05) is 0 Å². The van der Waals surface area contributed by atoms with E-state index >= 15 is 0 Å². The van der Waals surface area contributed by atoms with Gasteiger partial charge in [0.1, 0.15) is 0 Å². The van der Waals surface area contributed by atoms with E-state index in [0.717, 1.165) is 13.1 Å². The van der Waals surface area contributed by atoms with E-state index in [4.69, 9.17) is 5.26 Å². The summed E-state index contributed by atoms with van der Waals surface area (Å²) in [5.41, 5.74) is -0.235. The molecular formula is C10H19N3. The zero-order valence-corrected chi connectivity index (χ0v) is 8.80. The summed E-state index contributed by atoms with van der Waals surface area (Å²) in [6.45, 7) is 7.02. The largest absolute Gasteiger partial charge is 0.311 e. The molecule has 3 nitrogen and oxygen atoms in total. The van der Waals surface area contributed by atoms with Crippen LogP contribution in [0.2, 0.25) is 0 Å². The Morgan fingerprint density at radius 2 is 2.31 bits per heavy atom. The summed E-state index contributed by atoms with van der Waals surface area (Å²) in [7, 11) is 2.14. The van der Waals surface area contributed by atoms with Crippen molar-refractivity contribution >= 4 is 0 Å². The quantitative estimate of drug-likeness (QED) is 0.701. The summed E-state index contributed by atoms with van der Waals surface area (Å²) in [5.74, 6) is 0. The predicted molar refractivity (Wildman–Crippen MR) is 53.3 cm³/mol. The molecule has 0 radical (unpaired) electrons. The number of nitrogens with zero attached hydrogens (tertiary/aromatic N) is 2. The highest BCUT2D eigenvalue weighted by atomic mass is 15.2. The number of nitrogens with one attached hydrogen (secondary N) is 1. The maximum absolute atomic E-state index is 8.82. The molecule has 0 aliphatic carbocycles. The number of hydrogen-bond donors (Lipinski definition) is 1. The molecule has 1 aliphatic heterocycles. The van der Waals surface area contributed by atoms with Gasteiger partial charge in [-0.15, -0.1) is 0 Å². The molecule has 1 N–H and O–H groups in total. The molecule has 1 fully saturated rings. The minimum atomic E-state index is -0.235. The Labute approximate surface area is 80.7 Å². The summed E-state index contributed by atoms with van der Waals surface area (Å²) in [6, 6.07) is 2.88. The van der Waals surface area contributed by atoms with E-state index in [1.165, 1.54) is 13.0 Å². The SMILES string of the molecule is CN1CCC(NCC(C)(C)C#N)C1. The van der Waals surface area contributed by atoms with E-state index in [1.54, 1.807) is 0 Å². The van der Waals surface area contributed by atoms with E-state index in [-0.39, 0.29) is 5.41 Å². The zero-order chi connectivity index (χ0) is 9.90. The third kappa shape index (κ3) is 3.33. The fraction of sp³-hybridized carbons (Fsp3) is 0.900. The fourth-order valence-electron chi connectivity index (χ4n) is 1.54. The second-order valence-electron chi connectivity index (χ2n) is 4.62. The lowest BCUT2D eigenvalue weighted by Crippen LogP contribution is -2.37. The lowest BCUT2D eigenvalue weighted by atomic mass is 9.95. The Bertz CT molecular complexity index is 205. The first-order chi connectivity index (χ1) is 6.03. The monoisotopic (exact) mass is 181 g/mol. The number of nitriles is 1. The molecule has 1 aliphatic rings. The van der Waals surface area contributed by atoms with Crippen LogP contribution >= 0.6 is 0 Å². The van der Waals surface area contributed by atoms with Crippen molar-refractivity contribution in [3.8, 4) is 6.07 Å². The van der Waals surface area contributed by atoms with Gasteiger partial charge in [-0.25, -0.2) is 0 Å². The van der Waals surface area contributed by atoms with E-state index in [0.29, 0.717) is 6.04 Å². The second kappa shape index (κ2) is 4.08. The topological polar surface area (TPSA) is 39.1 Å². The highest BCUT2D eigenvalue weighted by molar-refractivity contribution is 4.94. The molecule has 0 bridgehead atoms. The smallest absolute Gasteiger partial charge is 0.0697 e. The highest BCUT2D eigenvalue weighted by Crippen LogP contribution is 2.13. The summed E-state index contributed by atoms with van der Waals surface area (Å²) >= 11 is 0. The number of likely N-dealkylation sites (N-methyl/N-ethyl adjacent to an activating group) is 1. The number of rotatable bonds is 3. The van der Waals surface area contributed by atoms with Crippen molar-refractivity contribution in [3.05, 3.63) is 0 Å².